The topological polar surface area (TPSA) is 184 Å². The second-order valence-corrected chi connectivity index (χ2v) is 9.89. The number of unbranched alkanes of at least 4 members (excludes halogenated alkanes) is 9. The Labute approximate surface area is 207 Å². The molecule has 0 aromatic carbocycles. The van der Waals surface area contributed by atoms with Gasteiger partial charge in [0.15, 0.2) is 6.29 Å². The first-order valence-corrected chi connectivity index (χ1v) is 13.1. The molecule has 0 aromatic rings. The quantitative estimate of drug-likeness (QED) is 0.113. The van der Waals surface area contributed by atoms with E-state index >= 15 is 0 Å². The van der Waals surface area contributed by atoms with Crippen LogP contribution in [-0.2, 0) is 9.47 Å². The number of hydrogen-bond donors (Lipinski definition) is 8. The lowest BCUT2D eigenvalue weighted by Crippen LogP contribution is -2.62. The van der Waals surface area contributed by atoms with Gasteiger partial charge >= 0.3 is 0 Å². The van der Waals surface area contributed by atoms with Crippen LogP contribution in [0.15, 0.2) is 0 Å². The molecule has 11 nitrogen and oxygen atoms in total. The van der Waals surface area contributed by atoms with Crippen LogP contribution in [0.1, 0.15) is 64.2 Å². The zero-order valence-electron chi connectivity index (χ0n) is 20.6. The van der Waals surface area contributed by atoms with E-state index in [4.69, 9.17) is 9.47 Å². The Bertz CT molecular complexity index is 556. The van der Waals surface area contributed by atoms with E-state index in [0.717, 1.165) is 64.2 Å². The summed E-state index contributed by atoms with van der Waals surface area (Å²) in [6.07, 6.45) is 1.12. The summed E-state index contributed by atoms with van der Waals surface area (Å²) in [4.78, 5) is 1.86. The third kappa shape index (κ3) is 9.42. The van der Waals surface area contributed by atoms with Gasteiger partial charge in [0.2, 0.25) is 0 Å². The minimum Gasteiger partial charge on any atom is -0.395 e. The van der Waals surface area contributed by atoms with Crippen molar-refractivity contribution in [3.63, 3.8) is 0 Å². The van der Waals surface area contributed by atoms with Gasteiger partial charge < -0.3 is 50.3 Å². The molecule has 9 atom stereocenters. The predicted molar refractivity (Wildman–Crippen MR) is 126 cm³/mol. The maximum atomic E-state index is 10.0. The highest BCUT2D eigenvalue weighted by Crippen LogP contribution is 2.23. The van der Waals surface area contributed by atoms with Crippen LogP contribution in [-0.4, -0.2) is 134 Å². The smallest absolute Gasteiger partial charge is 0.184 e. The zero-order valence-corrected chi connectivity index (χ0v) is 20.6. The van der Waals surface area contributed by atoms with Crippen molar-refractivity contribution >= 4 is 0 Å². The minimum atomic E-state index is -1.53. The Kier molecular flexibility index (Phi) is 14.4. The van der Waals surface area contributed by atoms with E-state index in [1.54, 1.807) is 0 Å². The SMILES string of the molecule is OC[C@@H]1[C@@H](O)[C@H](O)[C@@H](O)CN1CCCCCCCCCCCCO[C@H]1[C@H](O)[C@@H](O)[C@H](O)O[C@@H]1CO. The number of aliphatic hydroxyl groups excluding tert-OH is 8. The molecule has 0 bridgehead atoms. The number of nitrogens with zero attached hydrogens (tertiary/aromatic N) is 1. The van der Waals surface area contributed by atoms with Crippen LogP contribution in [0.2, 0.25) is 0 Å². The van der Waals surface area contributed by atoms with Crippen LogP contribution in [0.5, 0.6) is 0 Å². The van der Waals surface area contributed by atoms with Gasteiger partial charge in [-0.25, -0.2) is 0 Å². The van der Waals surface area contributed by atoms with E-state index in [1.165, 1.54) is 0 Å². The van der Waals surface area contributed by atoms with Gasteiger partial charge in [0.1, 0.15) is 36.6 Å². The van der Waals surface area contributed by atoms with Crippen LogP contribution >= 0.6 is 0 Å². The Hall–Kier alpha value is -0.440. The first-order valence-electron chi connectivity index (χ1n) is 13.1. The van der Waals surface area contributed by atoms with E-state index in [0.29, 0.717) is 13.2 Å². The summed E-state index contributed by atoms with van der Waals surface area (Å²) < 4.78 is 10.7. The van der Waals surface area contributed by atoms with Gasteiger partial charge in [-0.05, 0) is 19.4 Å². The average Bonchev–Trinajstić information content (AvgIpc) is 2.85. The van der Waals surface area contributed by atoms with Crippen LogP contribution in [0.3, 0.4) is 0 Å². The van der Waals surface area contributed by atoms with Crippen molar-refractivity contribution in [2.45, 2.75) is 119 Å². The molecule has 0 saturated carbocycles. The molecule has 0 radical (unpaired) electrons. The first-order chi connectivity index (χ1) is 16.8. The molecule has 8 N–H and O–H groups in total. The molecular formula is C24H47NO10. The maximum absolute atomic E-state index is 10.0. The van der Waals surface area contributed by atoms with Crippen molar-refractivity contribution in [2.24, 2.45) is 0 Å². The molecule has 2 rings (SSSR count). The van der Waals surface area contributed by atoms with Gasteiger partial charge in [-0.1, -0.05) is 51.4 Å². The zero-order chi connectivity index (χ0) is 25.8. The fraction of sp³-hybridized carbons (Fsp3) is 1.00. The average molecular weight is 510 g/mol. The van der Waals surface area contributed by atoms with Crippen LogP contribution in [0, 0.1) is 0 Å². The van der Waals surface area contributed by atoms with Crippen molar-refractivity contribution < 1.29 is 50.3 Å². The minimum absolute atomic E-state index is 0.246. The fourth-order valence-electron chi connectivity index (χ4n) is 4.96. The van der Waals surface area contributed by atoms with Crippen LogP contribution in [0.4, 0.5) is 0 Å². The normalized spacial score (nSPS) is 36.5. The number of rotatable bonds is 16. The van der Waals surface area contributed by atoms with Gasteiger partial charge in [0.25, 0.3) is 0 Å². The van der Waals surface area contributed by atoms with Gasteiger partial charge in [-0.3, -0.25) is 4.90 Å². The third-order valence-corrected chi connectivity index (χ3v) is 7.21. The highest BCUT2D eigenvalue weighted by atomic mass is 16.7. The van der Waals surface area contributed by atoms with E-state index in [9.17, 15) is 40.9 Å². The van der Waals surface area contributed by atoms with E-state index in [1.807, 2.05) is 4.90 Å². The molecule has 35 heavy (non-hydrogen) atoms. The third-order valence-electron chi connectivity index (χ3n) is 7.21. The molecule has 0 spiro atoms. The van der Waals surface area contributed by atoms with E-state index < -0.39 is 61.7 Å². The number of aliphatic hydroxyl groups is 8. The van der Waals surface area contributed by atoms with Crippen LogP contribution < -0.4 is 0 Å². The summed E-state index contributed by atoms with van der Waals surface area (Å²) in [7, 11) is 0. The summed E-state index contributed by atoms with van der Waals surface area (Å²) in [6, 6.07) is -0.532. The Balaban J connectivity index is 1.43. The molecule has 0 aromatic heterocycles. The fourth-order valence-corrected chi connectivity index (χ4v) is 4.96. The standard InChI is InChI=1S/C24H47NO10/c26-14-16-19(29)20(30)17(28)13-25(16)11-9-7-5-3-1-2-4-6-8-10-12-34-23-18(15-27)35-24(33)22(32)21(23)31/h16-24,26-33H,1-15H2/t16-,17+,18-,19-,20-,21-,22-,23-,24-/m1/s1. The van der Waals surface area contributed by atoms with Gasteiger partial charge in [0.05, 0.1) is 25.4 Å². The molecule has 2 aliphatic rings. The number of likely N-dealkylation sites (tertiary alicyclic amines) is 1. The summed E-state index contributed by atoms with van der Waals surface area (Å²) >= 11 is 0. The number of β-amino-alcohol motifs (C(OH)–C–C–N with tert-alkyl or cyclic N) is 1. The highest BCUT2D eigenvalue weighted by molar-refractivity contribution is 4.94. The Morgan fingerprint density at radius 2 is 1.23 bits per heavy atom. The second-order valence-electron chi connectivity index (χ2n) is 9.89. The number of piperidine rings is 1. The summed E-state index contributed by atoms with van der Waals surface area (Å²) in [5, 5.41) is 77.7. The lowest BCUT2D eigenvalue weighted by atomic mass is 9.94. The van der Waals surface area contributed by atoms with Gasteiger partial charge in [0, 0.05) is 13.2 Å². The molecule has 0 unspecified atom stereocenters. The second kappa shape index (κ2) is 16.4. The molecule has 208 valence electrons. The van der Waals surface area contributed by atoms with Crippen molar-refractivity contribution in [1.29, 1.82) is 0 Å². The molecular weight excluding hydrogens is 462 g/mol. The number of ether oxygens (including phenoxy) is 2. The van der Waals surface area contributed by atoms with Gasteiger partial charge in [-0.15, -0.1) is 0 Å². The van der Waals surface area contributed by atoms with Crippen LogP contribution in [0.25, 0.3) is 0 Å². The highest BCUT2D eigenvalue weighted by Gasteiger charge is 2.44. The van der Waals surface area contributed by atoms with Crippen molar-refractivity contribution in [3.05, 3.63) is 0 Å². The maximum Gasteiger partial charge on any atom is 0.184 e. The molecule has 0 amide bonds. The van der Waals surface area contributed by atoms with Gasteiger partial charge in [-0.2, -0.15) is 0 Å². The Morgan fingerprint density at radius 1 is 0.657 bits per heavy atom. The summed E-state index contributed by atoms with van der Waals surface area (Å²) in [5.74, 6) is 0. The first kappa shape index (κ1) is 30.8. The molecule has 2 saturated heterocycles. The summed E-state index contributed by atoms with van der Waals surface area (Å²) in [6.45, 7) is 0.659. The number of hydrogen-bond acceptors (Lipinski definition) is 11. The monoisotopic (exact) mass is 509 g/mol. The van der Waals surface area contributed by atoms with E-state index in [-0.39, 0.29) is 13.2 Å². The lowest BCUT2D eigenvalue weighted by Gasteiger charge is -2.43. The Morgan fingerprint density at radius 3 is 1.80 bits per heavy atom. The van der Waals surface area contributed by atoms with Crippen molar-refractivity contribution in [2.75, 3.05) is 32.9 Å². The molecule has 11 heteroatoms. The molecule has 2 heterocycles. The largest absolute Gasteiger partial charge is 0.395 e. The molecule has 2 fully saturated rings. The molecule has 0 aliphatic carbocycles. The van der Waals surface area contributed by atoms with Crippen molar-refractivity contribution in [1.82, 2.24) is 4.90 Å². The summed E-state index contributed by atoms with van der Waals surface area (Å²) in [5.41, 5.74) is 0. The van der Waals surface area contributed by atoms with E-state index in [2.05, 4.69) is 0 Å². The van der Waals surface area contributed by atoms with Crippen molar-refractivity contribution in [3.8, 4) is 0 Å². The molecule has 2 aliphatic heterocycles. The predicted octanol–water partition coefficient (Wildman–Crippen LogP) is -1.54. The lowest BCUT2D eigenvalue weighted by molar-refractivity contribution is -0.294.